The summed E-state index contributed by atoms with van der Waals surface area (Å²) in [5, 5.41) is 3.53. The van der Waals surface area contributed by atoms with Crippen LogP contribution in [0.1, 0.15) is 65.9 Å². The summed E-state index contributed by atoms with van der Waals surface area (Å²) >= 11 is 1.07. The monoisotopic (exact) mass is 482 g/mol. The van der Waals surface area contributed by atoms with Crippen LogP contribution in [0.25, 0.3) is 10.6 Å². The van der Waals surface area contributed by atoms with Gasteiger partial charge in [-0.25, -0.2) is 0 Å². The van der Waals surface area contributed by atoms with Crippen LogP contribution in [0.2, 0.25) is 0 Å². The zero-order valence-electron chi connectivity index (χ0n) is 17.5. The van der Waals surface area contributed by atoms with Crippen LogP contribution in [-0.4, -0.2) is 35.2 Å². The van der Waals surface area contributed by atoms with Gasteiger partial charge in [0.1, 0.15) is 5.69 Å². The van der Waals surface area contributed by atoms with Crippen LogP contribution >= 0.6 is 11.3 Å². The van der Waals surface area contributed by atoms with Crippen LogP contribution in [0.3, 0.4) is 0 Å². The molecule has 0 N–H and O–H groups in total. The Bertz CT molecular complexity index is 918. The molecule has 0 spiro atoms. The standard InChI is InChI=1S/C21H24F6N2O2S/c1-13-17(28-31-18(13)21(25,26)27)15-8-9-16(32-15)19(30)29-11-5-7-14(12-29)6-3-2-4-10-20(22,23)24/h8-9,14H,2-7,10-12H2,1H3. The second kappa shape index (κ2) is 9.84. The maximum absolute atomic E-state index is 12.9. The summed E-state index contributed by atoms with van der Waals surface area (Å²) in [7, 11) is 0. The Morgan fingerprint density at radius 1 is 1.19 bits per heavy atom. The van der Waals surface area contributed by atoms with Gasteiger partial charge in [-0.15, -0.1) is 11.3 Å². The van der Waals surface area contributed by atoms with E-state index in [0.717, 1.165) is 30.6 Å². The van der Waals surface area contributed by atoms with E-state index in [1.807, 2.05) is 0 Å². The molecule has 1 aliphatic heterocycles. The van der Waals surface area contributed by atoms with Gasteiger partial charge >= 0.3 is 12.4 Å². The lowest BCUT2D eigenvalue weighted by atomic mass is 9.92. The number of alkyl halides is 6. The molecule has 1 saturated heterocycles. The molecule has 0 saturated carbocycles. The lowest BCUT2D eigenvalue weighted by Gasteiger charge is -2.32. The van der Waals surface area contributed by atoms with Crippen molar-refractivity contribution in [1.29, 1.82) is 0 Å². The second-order valence-electron chi connectivity index (χ2n) is 8.12. The van der Waals surface area contributed by atoms with Crippen molar-refractivity contribution in [2.75, 3.05) is 13.1 Å². The third-order valence-corrected chi connectivity index (χ3v) is 6.69. The van der Waals surface area contributed by atoms with Crippen LogP contribution in [-0.2, 0) is 6.18 Å². The largest absolute Gasteiger partial charge is 0.452 e. The molecule has 0 aliphatic carbocycles. The molecular weight excluding hydrogens is 458 g/mol. The minimum Gasteiger partial charge on any atom is -0.351 e. The van der Waals surface area contributed by atoms with Crippen LogP contribution < -0.4 is 0 Å². The van der Waals surface area contributed by atoms with E-state index >= 15 is 0 Å². The fourth-order valence-electron chi connectivity index (χ4n) is 3.99. The Morgan fingerprint density at radius 2 is 1.94 bits per heavy atom. The zero-order chi connectivity index (χ0) is 23.5. The maximum atomic E-state index is 12.9. The molecule has 0 radical (unpaired) electrons. The van der Waals surface area contributed by atoms with Crippen LogP contribution in [0, 0.1) is 12.8 Å². The van der Waals surface area contributed by atoms with Gasteiger partial charge in [0.15, 0.2) is 0 Å². The summed E-state index contributed by atoms with van der Waals surface area (Å²) in [6.45, 7) is 2.39. The van der Waals surface area contributed by atoms with E-state index in [2.05, 4.69) is 9.68 Å². The summed E-state index contributed by atoms with van der Waals surface area (Å²) < 4.78 is 79.9. The van der Waals surface area contributed by atoms with Crippen molar-refractivity contribution in [3.05, 3.63) is 28.3 Å². The molecule has 2 aromatic rings. The predicted molar refractivity (Wildman–Crippen MR) is 107 cm³/mol. The molecule has 178 valence electrons. The first-order chi connectivity index (χ1) is 15.0. The van der Waals surface area contributed by atoms with E-state index in [1.165, 1.54) is 6.92 Å². The van der Waals surface area contributed by atoms with Gasteiger partial charge in [0, 0.05) is 25.1 Å². The first kappa shape index (κ1) is 24.6. The number of carbonyl (C=O) groups excluding carboxylic acids is 1. The molecular formula is C21H24F6N2O2S. The molecule has 1 unspecified atom stereocenters. The fraction of sp³-hybridized carbons (Fsp3) is 0.619. The molecule has 4 nitrogen and oxygen atoms in total. The van der Waals surface area contributed by atoms with E-state index in [9.17, 15) is 31.1 Å². The van der Waals surface area contributed by atoms with E-state index in [1.54, 1.807) is 17.0 Å². The Kier molecular flexibility index (Phi) is 7.57. The average Bonchev–Trinajstić information content (AvgIpc) is 3.32. The molecule has 11 heteroatoms. The van der Waals surface area contributed by atoms with Gasteiger partial charge in [-0.2, -0.15) is 26.3 Å². The van der Waals surface area contributed by atoms with Crippen molar-refractivity contribution >= 4 is 17.2 Å². The third-order valence-electron chi connectivity index (χ3n) is 5.61. The predicted octanol–water partition coefficient (Wildman–Crippen LogP) is 7.10. The van der Waals surface area contributed by atoms with Gasteiger partial charge in [0.05, 0.1) is 9.75 Å². The second-order valence-corrected chi connectivity index (χ2v) is 9.20. The fourth-order valence-corrected chi connectivity index (χ4v) is 5.00. The molecule has 0 bridgehead atoms. The van der Waals surface area contributed by atoms with E-state index < -0.39 is 24.5 Å². The van der Waals surface area contributed by atoms with E-state index in [4.69, 9.17) is 0 Å². The van der Waals surface area contributed by atoms with Gasteiger partial charge in [0.25, 0.3) is 5.91 Å². The zero-order valence-corrected chi connectivity index (χ0v) is 18.3. The molecule has 1 amide bonds. The number of aromatic nitrogens is 1. The lowest BCUT2D eigenvalue weighted by molar-refractivity contribution is -0.156. The van der Waals surface area contributed by atoms with Crippen molar-refractivity contribution in [3.63, 3.8) is 0 Å². The molecule has 3 heterocycles. The quantitative estimate of drug-likeness (QED) is 0.313. The van der Waals surface area contributed by atoms with E-state index in [0.29, 0.717) is 35.7 Å². The van der Waals surface area contributed by atoms with Gasteiger partial charge in [-0.1, -0.05) is 18.0 Å². The highest BCUT2D eigenvalue weighted by molar-refractivity contribution is 7.17. The van der Waals surface area contributed by atoms with Gasteiger partial charge in [0.2, 0.25) is 5.76 Å². The molecule has 1 atom stereocenters. The number of hydrogen-bond acceptors (Lipinski definition) is 4. The summed E-state index contributed by atoms with van der Waals surface area (Å²) in [6.07, 6.45) is -5.69. The Morgan fingerprint density at radius 3 is 2.59 bits per heavy atom. The van der Waals surface area contributed by atoms with Crippen molar-refractivity contribution < 1.29 is 35.7 Å². The topological polar surface area (TPSA) is 46.3 Å². The maximum Gasteiger partial charge on any atom is 0.452 e. The van der Waals surface area contributed by atoms with Gasteiger partial charge < -0.3 is 9.42 Å². The number of piperidine rings is 1. The molecule has 0 aromatic carbocycles. The highest BCUT2D eigenvalue weighted by Crippen LogP contribution is 2.38. The number of amides is 1. The number of thiophene rings is 1. The number of carbonyl (C=O) groups is 1. The van der Waals surface area contributed by atoms with Crippen molar-refractivity contribution in [3.8, 4) is 10.6 Å². The summed E-state index contributed by atoms with van der Waals surface area (Å²) in [5.41, 5.74) is -0.0568. The first-order valence-electron chi connectivity index (χ1n) is 10.5. The van der Waals surface area contributed by atoms with Gasteiger partial charge in [-0.3, -0.25) is 4.79 Å². The minimum atomic E-state index is -4.64. The number of nitrogens with zero attached hydrogens (tertiary/aromatic N) is 2. The smallest absolute Gasteiger partial charge is 0.351 e. The molecule has 2 aromatic heterocycles. The van der Waals surface area contributed by atoms with Crippen LogP contribution in [0.15, 0.2) is 16.7 Å². The highest BCUT2D eigenvalue weighted by Gasteiger charge is 2.39. The average molecular weight is 482 g/mol. The Hall–Kier alpha value is -2.04. The number of rotatable bonds is 7. The highest BCUT2D eigenvalue weighted by atomic mass is 32.1. The molecule has 1 aliphatic rings. The Balaban J connectivity index is 1.56. The number of likely N-dealkylation sites (tertiary alicyclic amines) is 1. The lowest BCUT2D eigenvalue weighted by Crippen LogP contribution is -2.39. The minimum absolute atomic E-state index is 0.0664. The van der Waals surface area contributed by atoms with Crippen LogP contribution in [0.5, 0.6) is 0 Å². The van der Waals surface area contributed by atoms with Crippen molar-refractivity contribution in [1.82, 2.24) is 10.1 Å². The number of unbranched alkanes of at least 4 members (excludes halogenated alkanes) is 2. The van der Waals surface area contributed by atoms with E-state index in [-0.39, 0.29) is 29.5 Å². The van der Waals surface area contributed by atoms with Gasteiger partial charge in [-0.05, 0) is 50.7 Å². The number of hydrogen-bond donors (Lipinski definition) is 0. The van der Waals surface area contributed by atoms with Crippen molar-refractivity contribution in [2.45, 2.75) is 64.2 Å². The summed E-state index contributed by atoms with van der Waals surface area (Å²) in [5.74, 6) is -1.10. The van der Waals surface area contributed by atoms with Crippen LogP contribution in [0.4, 0.5) is 26.3 Å². The summed E-state index contributed by atoms with van der Waals surface area (Å²) in [4.78, 5) is 15.5. The molecule has 1 fully saturated rings. The SMILES string of the molecule is Cc1c(-c2ccc(C(=O)N3CCCC(CCCCCC(F)(F)F)C3)s2)noc1C(F)(F)F. The summed E-state index contributed by atoms with van der Waals surface area (Å²) in [6, 6.07) is 3.13. The Labute approximate surface area is 185 Å². The normalized spacial score (nSPS) is 17.7. The molecule has 3 rings (SSSR count). The first-order valence-corrected chi connectivity index (χ1v) is 11.3. The van der Waals surface area contributed by atoms with Crippen molar-refractivity contribution in [2.24, 2.45) is 5.92 Å². The molecule has 32 heavy (non-hydrogen) atoms. The third kappa shape index (κ3) is 6.26. The number of halogens is 6.